The van der Waals surface area contributed by atoms with Crippen molar-refractivity contribution >= 4 is 38.9 Å². The largest absolute Gasteiger partial charge is 0.495 e. The van der Waals surface area contributed by atoms with Crippen LogP contribution in [-0.4, -0.2) is 43.8 Å². The van der Waals surface area contributed by atoms with Gasteiger partial charge in [0.2, 0.25) is 15.9 Å². The minimum atomic E-state index is -3.84. The predicted molar refractivity (Wildman–Crippen MR) is 111 cm³/mol. The van der Waals surface area contributed by atoms with E-state index in [0.717, 1.165) is 0 Å². The van der Waals surface area contributed by atoms with E-state index in [9.17, 15) is 23.3 Å². The lowest BCUT2D eigenvalue weighted by atomic mass is 9.98. The number of methoxy groups -OCH3 is 1. The topological polar surface area (TPSA) is 119 Å². The Bertz CT molecular complexity index is 1080. The Morgan fingerprint density at radius 3 is 2.73 bits per heavy atom. The maximum atomic E-state index is 13.0. The average Bonchev–Trinajstić information content (AvgIpc) is 2.74. The molecule has 0 aliphatic carbocycles. The molecular weight excluding hydrogens is 434 g/mol. The lowest BCUT2D eigenvalue weighted by molar-refractivity contribution is -0.384. The minimum Gasteiger partial charge on any atom is -0.495 e. The number of anilines is 1. The molecule has 0 aromatic heterocycles. The fourth-order valence-electron chi connectivity index (χ4n) is 3.27. The number of nitrogens with one attached hydrogen (secondary N) is 1. The molecule has 3 rings (SSSR count). The molecule has 1 unspecified atom stereocenters. The summed E-state index contributed by atoms with van der Waals surface area (Å²) in [5.74, 6) is -0.604. The van der Waals surface area contributed by atoms with Crippen molar-refractivity contribution in [2.45, 2.75) is 17.7 Å². The molecule has 9 nitrogen and oxygen atoms in total. The first kappa shape index (κ1) is 22.0. The zero-order valence-corrected chi connectivity index (χ0v) is 17.6. The molecule has 2 aromatic carbocycles. The maximum Gasteiger partial charge on any atom is 0.271 e. The van der Waals surface area contributed by atoms with Crippen molar-refractivity contribution in [3.8, 4) is 5.75 Å². The number of nitro groups is 1. The highest BCUT2D eigenvalue weighted by atomic mass is 35.5. The van der Waals surface area contributed by atoms with Gasteiger partial charge in [0.05, 0.1) is 27.9 Å². The van der Waals surface area contributed by atoms with Crippen LogP contribution in [0, 0.1) is 16.0 Å². The molecule has 30 heavy (non-hydrogen) atoms. The normalized spacial score (nSPS) is 17.3. The van der Waals surface area contributed by atoms with Crippen LogP contribution in [0.4, 0.5) is 11.4 Å². The molecule has 0 radical (unpaired) electrons. The second-order valence-electron chi connectivity index (χ2n) is 6.80. The fourth-order valence-corrected chi connectivity index (χ4v) is 5.15. The summed E-state index contributed by atoms with van der Waals surface area (Å²) in [7, 11) is -2.41. The first-order valence-corrected chi connectivity index (χ1v) is 10.9. The lowest BCUT2D eigenvalue weighted by Gasteiger charge is -2.31. The van der Waals surface area contributed by atoms with Crippen LogP contribution in [0.2, 0.25) is 5.02 Å². The molecule has 1 fully saturated rings. The van der Waals surface area contributed by atoms with Gasteiger partial charge in [0.25, 0.3) is 5.69 Å². The van der Waals surface area contributed by atoms with Gasteiger partial charge >= 0.3 is 0 Å². The van der Waals surface area contributed by atoms with Crippen LogP contribution < -0.4 is 10.1 Å². The van der Waals surface area contributed by atoms with Gasteiger partial charge in [0.15, 0.2) is 0 Å². The summed E-state index contributed by atoms with van der Waals surface area (Å²) in [5, 5.41) is 13.7. The van der Waals surface area contributed by atoms with Crippen LogP contribution in [0.15, 0.2) is 47.4 Å². The second-order valence-corrected chi connectivity index (χ2v) is 9.14. The number of sulfonamides is 1. The van der Waals surface area contributed by atoms with Crippen molar-refractivity contribution in [2.75, 3.05) is 25.5 Å². The first-order valence-electron chi connectivity index (χ1n) is 9.11. The predicted octanol–water partition coefficient (Wildman–Crippen LogP) is 3.30. The van der Waals surface area contributed by atoms with E-state index in [0.29, 0.717) is 18.6 Å². The zero-order chi connectivity index (χ0) is 21.9. The van der Waals surface area contributed by atoms with Gasteiger partial charge in [0, 0.05) is 30.9 Å². The Hall–Kier alpha value is -2.69. The highest BCUT2D eigenvalue weighted by Gasteiger charge is 2.33. The maximum absolute atomic E-state index is 13.0. The number of ether oxygens (including phenoxy) is 1. The van der Waals surface area contributed by atoms with Crippen LogP contribution in [0.1, 0.15) is 12.8 Å². The summed E-state index contributed by atoms with van der Waals surface area (Å²) in [4.78, 5) is 23.0. The van der Waals surface area contributed by atoms with Gasteiger partial charge < -0.3 is 10.1 Å². The molecule has 1 aliphatic rings. The molecular formula is C19H20ClN3O6S. The third kappa shape index (κ3) is 4.72. The SMILES string of the molecule is COc1ccc(S(=O)(=O)N2CCCC(C(=O)Nc3cccc([N+](=O)[O-])c3)C2)cc1Cl. The summed E-state index contributed by atoms with van der Waals surface area (Å²) in [6, 6.07) is 9.81. The number of halogens is 1. The number of nitrogens with zero attached hydrogens (tertiary/aromatic N) is 2. The van der Waals surface area contributed by atoms with E-state index in [4.69, 9.17) is 16.3 Å². The Labute approximate surface area is 178 Å². The molecule has 1 amide bonds. The zero-order valence-electron chi connectivity index (χ0n) is 16.1. The van der Waals surface area contributed by atoms with Gasteiger partial charge in [-0.1, -0.05) is 17.7 Å². The molecule has 1 N–H and O–H groups in total. The van der Waals surface area contributed by atoms with Gasteiger partial charge in [0.1, 0.15) is 5.75 Å². The number of hydrogen-bond donors (Lipinski definition) is 1. The number of benzene rings is 2. The van der Waals surface area contributed by atoms with Crippen LogP contribution >= 0.6 is 11.6 Å². The summed E-state index contributed by atoms with van der Waals surface area (Å²) in [6.45, 7) is 0.291. The molecule has 160 valence electrons. The number of hydrogen-bond acceptors (Lipinski definition) is 6. The summed E-state index contributed by atoms with van der Waals surface area (Å²) in [6.07, 6.45) is 1.02. The van der Waals surface area contributed by atoms with Crippen molar-refractivity contribution in [3.63, 3.8) is 0 Å². The van der Waals surface area contributed by atoms with Gasteiger partial charge in [-0.05, 0) is 37.1 Å². The average molecular weight is 454 g/mol. The highest BCUT2D eigenvalue weighted by molar-refractivity contribution is 7.89. The van der Waals surface area contributed by atoms with E-state index >= 15 is 0 Å². The van der Waals surface area contributed by atoms with Gasteiger partial charge in [-0.25, -0.2) is 8.42 Å². The van der Waals surface area contributed by atoms with Crippen molar-refractivity contribution < 1.29 is 22.9 Å². The molecule has 1 heterocycles. The summed E-state index contributed by atoms with van der Waals surface area (Å²) >= 11 is 6.06. The van der Waals surface area contributed by atoms with Crippen molar-refractivity contribution in [3.05, 3.63) is 57.6 Å². The van der Waals surface area contributed by atoms with E-state index in [-0.39, 0.29) is 40.3 Å². The van der Waals surface area contributed by atoms with Crippen LogP contribution in [-0.2, 0) is 14.8 Å². The van der Waals surface area contributed by atoms with E-state index in [1.807, 2.05) is 0 Å². The van der Waals surface area contributed by atoms with Crippen LogP contribution in [0.5, 0.6) is 5.75 Å². The molecule has 1 saturated heterocycles. The lowest BCUT2D eigenvalue weighted by Crippen LogP contribution is -2.43. The summed E-state index contributed by atoms with van der Waals surface area (Å²) in [5.41, 5.74) is 0.146. The number of rotatable bonds is 6. The van der Waals surface area contributed by atoms with E-state index in [1.54, 1.807) is 6.07 Å². The van der Waals surface area contributed by atoms with E-state index in [2.05, 4.69) is 5.32 Å². The standard InChI is InChI=1S/C19H20ClN3O6S/c1-29-18-8-7-16(11-17(18)20)30(27,28)22-9-3-4-13(12-22)19(24)21-14-5-2-6-15(10-14)23(25)26/h2,5-8,10-11,13H,3-4,9,12H2,1H3,(H,21,24). The van der Waals surface area contributed by atoms with E-state index < -0.39 is 20.9 Å². The Morgan fingerprint density at radius 2 is 2.07 bits per heavy atom. The second kappa shape index (κ2) is 8.99. The Morgan fingerprint density at radius 1 is 1.30 bits per heavy atom. The number of non-ortho nitro benzene ring substituents is 1. The monoisotopic (exact) mass is 453 g/mol. The fraction of sp³-hybridized carbons (Fsp3) is 0.316. The first-order chi connectivity index (χ1) is 14.2. The molecule has 0 spiro atoms. The van der Waals surface area contributed by atoms with Crippen molar-refractivity contribution in [1.82, 2.24) is 4.31 Å². The molecule has 1 aliphatic heterocycles. The molecule has 11 heteroatoms. The smallest absolute Gasteiger partial charge is 0.271 e. The quantitative estimate of drug-likeness (QED) is 0.529. The minimum absolute atomic E-state index is 0.00669. The summed E-state index contributed by atoms with van der Waals surface area (Å²) < 4.78 is 32.3. The van der Waals surface area contributed by atoms with Crippen LogP contribution in [0.25, 0.3) is 0 Å². The number of nitro benzene ring substituents is 1. The highest BCUT2D eigenvalue weighted by Crippen LogP contribution is 2.30. The number of carbonyl (C=O) groups is 1. The van der Waals surface area contributed by atoms with Gasteiger partial charge in [-0.15, -0.1) is 0 Å². The molecule has 1 atom stereocenters. The Balaban J connectivity index is 1.74. The van der Waals surface area contributed by atoms with E-state index in [1.165, 1.54) is 47.8 Å². The van der Waals surface area contributed by atoms with Crippen molar-refractivity contribution in [1.29, 1.82) is 0 Å². The van der Waals surface area contributed by atoms with Crippen LogP contribution in [0.3, 0.4) is 0 Å². The third-order valence-corrected chi connectivity index (χ3v) is 7.00. The van der Waals surface area contributed by atoms with Gasteiger partial charge in [-0.3, -0.25) is 14.9 Å². The molecule has 2 aromatic rings. The molecule has 0 saturated carbocycles. The Kier molecular flexibility index (Phi) is 6.59. The third-order valence-electron chi connectivity index (χ3n) is 4.84. The van der Waals surface area contributed by atoms with Crippen molar-refractivity contribution in [2.24, 2.45) is 5.92 Å². The number of carbonyl (C=O) groups excluding carboxylic acids is 1. The molecule has 0 bridgehead atoms. The van der Waals surface area contributed by atoms with Gasteiger partial charge in [-0.2, -0.15) is 4.31 Å². The number of amides is 1. The number of piperidine rings is 1.